The van der Waals surface area contributed by atoms with E-state index in [1.165, 1.54) is 19.5 Å². The van der Waals surface area contributed by atoms with E-state index in [0.29, 0.717) is 0 Å². The second-order valence-corrected chi connectivity index (χ2v) is 5.64. The van der Waals surface area contributed by atoms with Crippen molar-refractivity contribution in [2.75, 3.05) is 26.2 Å². The molecule has 0 aliphatic carbocycles. The van der Waals surface area contributed by atoms with Crippen LogP contribution in [0, 0.1) is 11.8 Å². The van der Waals surface area contributed by atoms with Crippen molar-refractivity contribution in [1.29, 1.82) is 0 Å². The van der Waals surface area contributed by atoms with Gasteiger partial charge in [0.1, 0.15) is 0 Å². The molecule has 18 heavy (non-hydrogen) atoms. The van der Waals surface area contributed by atoms with Crippen LogP contribution < -0.4 is 11.1 Å². The molecule has 0 aromatic heterocycles. The number of hydrogen-bond acceptors (Lipinski definition) is 3. The number of rotatable bonds is 5. The highest BCUT2D eigenvalue weighted by atomic mass is 35.5. The third-order valence-electron chi connectivity index (χ3n) is 3.31. The Bertz CT molecular complexity index is 238. The maximum absolute atomic E-state index is 11.2. The van der Waals surface area contributed by atoms with Crippen LogP contribution in [-0.2, 0) is 4.79 Å². The molecule has 1 aliphatic rings. The topological polar surface area (TPSA) is 58.4 Å². The number of nitrogens with one attached hydrogen (secondary N) is 1. The highest BCUT2D eigenvalue weighted by Crippen LogP contribution is 2.20. The van der Waals surface area contributed by atoms with Gasteiger partial charge in [-0.15, -0.1) is 12.4 Å². The first-order valence-electron chi connectivity index (χ1n) is 6.74. The molecule has 1 amide bonds. The molecule has 1 rings (SSSR count). The number of carbonyl (C=O) groups is 1. The van der Waals surface area contributed by atoms with Crippen LogP contribution >= 0.6 is 12.4 Å². The molecule has 0 aromatic rings. The summed E-state index contributed by atoms with van der Waals surface area (Å²) >= 11 is 0. The van der Waals surface area contributed by atoms with Gasteiger partial charge in [0.25, 0.3) is 0 Å². The zero-order chi connectivity index (χ0) is 12.8. The summed E-state index contributed by atoms with van der Waals surface area (Å²) in [5, 5.41) is 2.85. The minimum Gasteiger partial charge on any atom is -0.355 e. The van der Waals surface area contributed by atoms with Crippen LogP contribution in [0.4, 0.5) is 0 Å². The lowest BCUT2D eigenvalue weighted by atomic mass is 9.92. The van der Waals surface area contributed by atoms with E-state index in [9.17, 15) is 4.79 Å². The van der Waals surface area contributed by atoms with Gasteiger partial charge in [0.2, 0.25) is 5.91 Å². The Morgan fingerprint density at radius 1 is 1.39 bits per heavy atom. The second kappa shape index (κ2) is 8.73. The predicted molar refractivity (Wildman–Crippen MR) is 77.9 cm³/mol. The summed E-state index contributed by atoms with van der Waals surface area (Å²) in [4.78, 5) is 13.8. The zero-order valence-electron chi connectivity index (χ0n) is 11.8. The van der Waals surface area contributed by atoms with Gasteiger partial charge in [-0.3, -0.25) is 4.79 Å². The molecule has 3 N–H and O–H groups in total. The number of likely N-dealkylation sites (tertiary alicyclic amines) is 1. The predicted octanol–water partition coefficient (Wildman–Crippen LogP) is 1.24. The van der Waals surface area contributed by atoms with Gasteiger partial charge >= 0.3 is 0 Å². The Morgan fingerprint density at radius 2 is 1.94 bits per heavy atom. The third kappa shape index (κ3) is 6.57. The van der Waals surface area contributed by atoms with E-state index in [-0.39, 0.29) is 18.3 Å². The summed E-state index contributed by atoms with van der Waals surface area (Å²) in [6.07, 6.45) is 2.36. The minimum atomic E-state index is -0.398. The van der Waals surface area contributed by atoms with Crippen molar-refractivity contribution in [3.05, 3.63) is 0 Å². The first-order chi connectivity index (χ1) is 7.99. The van der Waals surface area contributed by atoms with Crippen molar-refractivity contribution < 1.29 is 4.79 Å². The maximum atomic E-state index is 11.2. The zero-order valence-corrected chi connectivity index (χ0v) is 12.6. The molecule has 5 heteroatoms. The van der Waals surface area contributed by atoms with Gasteiger partial charge in [-0.1, -0.05) is 13.8 Å². The number of hydrogen-bond donors (Lipinski definition) is 2. The van der Waals surface area contributed by atoms with Gasteiger partial charge in [0, 0.05) is 19.6 Å². The SMILES string of the molecule is CC1CC(C)CN(CCCNC(=O)C(C)N)C1.Cl. The fraction of sp³-hybridized carbons (Fsp3) is 0.923. The molecule has 1 saturated heterocycles. The summed E-state index contributed by atoms with van der Waals surface area (Å²) in [6, 6.07) is -0.398. The summed E-state index contributed by atoms with van der Waals surface area (Å²) in [6.45, 7) is 10.6. The lowest BCUT2D eigenvalue weighted by Gasteiger charge is -2.34. The van der Waals surface area contributed by atoms with E-state index in [0.717, 1.165) is 31.3 Å². The van der Waals surface area contributed by atoms with Crippen molar-refractivity contribution >= 4 is 18.3 Å². The first kappa shape index (κ1) is 17.7. The fourth-order valence-corrected chi connectivity index (χ4v) is 2.65. The number of amides is 1. The van der Waals surface area contributed by atoms with Gasteiger partial charge in [-0.25, -0.2) is 0 Å². The van der Waals surface area contributed by atoms with Crippen LogP contribution in [0.25, 0.3) is 0 Å². The molecule has 108 valence electrons. The maximum Gasteiger partial charge on any atom is 0.236 e. The Balaban J connectivity index is 0.00000289. The summed E-state index contributed by atoms with van der Waals surface area (Å²) in [5.74, 6) is 1.56. The van der Waals surface area contributed by atoms with E-state index in [4.69, 9.17) is 5.73 Å². The average Bonchev–Trinajstić information content (AvgIpc) is 2.22. The Morgan fingerprint density at radius 3 is 2.44 bits per heavy atom. The van der Waals surface area contributed by atoms with E-state index in [1.807, 2.05) is 0 Å². The molecule has 0 aromatic carbocycles. The molecule has 1 aliphatic heterocycles. The van der Waals surface area contributed by atoms with Crippen molar-refractivity contribution in [3.8, 4) is 0 Å². The fourth-order valence-electron chi connectivity index (χ4n) is 2.65. The number of halogens is 1. The molecule has 0 radical (unpaired) electrons. The molecule has 3 atom stereocenters. The monoisotopic (exact) mass is 277 g/mol. The molecule has 0 spiro atoms. The molecule has 1 heterocycles. The number of carbonyl (C=O) groups excluding carboxylic acids is 1. The first-order valence-corrected chi connectivity index (χ1v) is 6.74. The largest absolute Gasteiger partial charge is 0.355 e. The number of piperidine rings is 1. The van der Waals surface area contributed by atoms with E-state index in [1.54, 1.807) is 6.92 Å². The second-order valence-electron chi connectivity index (χ2n) is 5.64. The third-order valence-corrected chi connectivity index (χ3v) is 3.31. The van der Waals surface area contributed by atoms with Crippen LogP contribution in [0.5, 0.6) is 0 Å². The van der Waals surface area contributed by atoms with Crippen LogP contribution in [0.1, 0.15) is 33.6 Å². The van der Waals surface area contributed by atoms with Gasteiger partial charge < -0.3 is 16.0 Å². The standard InChI is InChI=1S/C13H27N3O.ClH/c1-10-7-11(2)9-16(8-10)6-4-5-15-13(17)12(3)14;/h10-12H,4-9,14H2,1-3H3,(H,15,17);1H. The van der Waals surface area contributed by atoms with Crippen LogP contribution in [-0.4, -0.2) is 43.0 Å². The Labute approximate surface area is 117 Å². The van der Waals surface area contributed by atoms with Crippen molar-refractivity contribution in [1.82, 2.24) is 10.2 Å². The number of nitrogens with zero attached hydrogens (tertiary/aromatic N) is 1. The molecule has 0 bridgehead atoms. The minimum absolute atomic E-state index is 0. The van der Waals surface area contributed by atoms with E-state index >= 15 is 0 Å². The molecule has 0 saturated carbocycles. The van der Waals surface area contributed by atoms with Crippen LogP contribution in [0.15, 0.2) is 0 Å². The van der Waals surface area contributed by atoms with E-state index in [2.05, 4.69) is 24.1 Å². The van der Waals surface area contributed by atoms with Crippen LogP contribution in [0.2, 0.25) is 0 Å². The molecular weight excluding hydrogens is 250 g/mol. The number of nitrogens with two attached hydrogens (primary N) is 1. The van der Waals surface area contributed by atoms with Crippen molar-refractivity contribution in [2.45, 2.75) is 39.7 Å². The normalized spacial score (nSPS) is 26.2. The average molecular weight is 278 g/mol. The molecule has 4 nitrogen and oxygen atoms in total. The molecular formula is C13H28ClN3O. The summed E-state index contributed by atoms with van der Waals surface area (Å²) in [5.41, 5.74) is 5.47. The Hall–Kier alpha value is -0.320. The van der Waals surface area contributed by atoms with Crippen LogP contribution in [0.3, 0.4) is 0 Å². The molecule has 3 unspecified atom stereocenters. The summed E-state index contributed by atoms with van der Waals surface area (Å²) < 4.78 is 0. The van der Waals surface area contributed by atoms with Crippen molar-refractivity contribution in [2.24, 2.45) is 17.6 Å². The Kier molecular flexibility index (Phi) is 8.57. The smallest absolute Gasteiger partial charge is 0.236 e. The lowest BCUT2D eigenvalue weighted by molar-refractivity contribution is -0.121. The van der Waals surface area contributed by atoms with Gasteiger partial charge in [0.05, 0.1) is 6.04 Å². The lowest BCUT2D eigenvalue weighted by Crippen LogP contribution is -2.42. The van der Waals surface area contributed by atoms with Gasteiger partial charge in [-0.05, 0) is 38.1 Å². The van der Waals surface area contributed by atoms with Gasteiger partial charge in [-0.2, -0.15) is 0 Å². The quantitative estimate of drug-likeness (QED) is 0.744. The highest BCUT2D eigenvalue weighted by molar-refractivity contribution is 5.85. The summed E-state index contributed by atoms with van der Waals surface area (Å²) in [7, 11) is 0. The van der Waals surface area contributed by atoms with Gasteiger partial charge in [0.15, 0.2) is 0 Å². The molecule has 1 fully saturated rings. The van der Waals surface area contributed by atoms with Crippen molar-refractivity contribution in [3.63, 3.8) is 0 Å². The van der Waals surface area contributed by atoms with E-state index < -0.39 is 6.04 Å². The highest BCUT2D eigenvalue weighted by Gasteiger charge is 2.21.